The zero-order chi connectivity index (χ0) is 6.20. The highest BCUT2D eigenvalue weighted by atomic mass is 32.1. The highest BCUT2D eigenvalue weighted by Crippen LogP contribution is 2.46. The van der Waals surface area contributed by atoms with Crippen LogP contribution in [0.4, 0.5) is 0 Å². The maximum atomic E-state index is 10.3. The summed E-state index contributed by atoms with van der Waals surface area (Å²) < 4.78 is 0. The molecule has 1 N–H and O–H groups in total. The minimum absolute atomic E-state index is 0.427. The van der Waals surface area contributed by atoms with E-state index < -0.39 is 11.4 Å². The third kappa shape index (κ3) is 0.708. The molecule has 1 aliphatic rings. The molecule has 0 heterocycles. The molecule has 0 spiro atoms. The lowest BCUT2D eigenvalue weighted by molar-refractivity contribution is -0.142. The minimum atomic E-state index is -0.687. The Morgan fingerprint density at radius 1 is 1.75 bits per heavy atom. The Kier molecular flexibility index (Phi) is 1.23. The summed E-state index contributed by atoms with van der Waals surface area (Å²) in [6, 6.07) is 0. The molecular formula is C5H8O2S. The van der Waals surface area contributed by atoms with Crippen molar-refractivity contribution in [1.29, 1.82) is 0 Å². The van der Waals surface area contributed by atoms with Crippen LogP contribution in [0.25, 0.3) is 0 Å². The lowest BCUT2D eigenvalue weighted by atomic mass is 10.1. The Hall–Kier alpha value is -0.180. The monoisotopic (exact) mass is 132 g/mol. The van der Waals surface area contributed by atoms with Crippen LogP contribution in [0.2, 0.25) is 0 Å². The molecule has 0 aromatic carbocycles. The molecular weight excluding hydrogens is 124 g/mol. The number of carboxylic acids is 1. The first-order valence-electron chi connectivity index (χ1n) is 2.55. The van der Waals surface area contributed by atoms with Crippen molar-refractivity contribution in [1.82, 2.24) is 0 Å². The van der Waals surface area contributed by atoms with Gasteiger partial charge in [0.2, 0.25) is 0 Å². The molecule has 0 aromatic rings. The van der Waals surface area contributed by atoms with Crippen molar-refractivity contribution in [3.63, 3.8) is 0 Å². The van der Waals surface area contributed by atoms with Crippen molar-refractivity contribution in [2.75, 3.05) is 5.75 Å². The van der Waals surface area contributed by atoms with Gasteiger partial charge in [0, 0.05) is 5.75 Å². The molecule has 0 bridgehead atoms. The number of thiol groups is 1. The molecule has 8 heavy (non-hydrogen) atoms. The van der Waals surface area contributed by atoms with Crippen molar-refractivity contribution in [3.8, 4) is 0 Å². The van der Waals surface area contributed by atoms with E-state index in [2.05, 4.69) is 12.6 Å². The summed E-state index contributed by atoms with van der Waals surface area (Å²) in [5.41, 5.74) is -0.427. The van der Waals surface area contributed by atoms with Gasteiger partial charge in [-0.1, -0.05) is 0 Å². The van der Waals surface area contributed by atoms with E-state index in [0.717, 1.165) is 12.8 Å². The summed E-state index contributed by atoms with van der Waals surface area (Å²) >= 11 is 3.92. The first-order chi connectivity index (χ1) is 3.71. The van der Waals surface area contributed by atoms with Crippen molar-refractivity contribution in [2.24, 2.45) is 5.41 Å². The van der Waals surface area contributed by atoms with Gasteiger partial charge >= 0.3 is 5.97 Å². The Labute approximate surface area is 53.3 Å². The summed E-state index contributed by atoms with van der Waals surface area (Å²) in [7, 11) is 0. The number of aliphatic carboxylic acids is 1. The van der Waals surface area contributed by atoms with Crippen LogP contribution in [0.1, 0.15) is 12.8 Å². The zero-order valence-electron chi connectivity index (χ0n) is 4.42. The van der Waals surface area contributed by atoms with Gasteiger partial charge in [-0.2, -0.15) is 12.6 Å². The normalized spacial score (nSPS) is 22.6. The Bertz CT molecular complexity index is 118. The average Bonchev–Trinajstić information content (AvgIpc) is 2.44. The molecule has 0 aliphatic heterocycles. The van der Waals surface area contributed by atoms with Gasteiger partial charge in [-0.05, 0) is 12.8 Å². The molecule has 0 atom stereocenters. The zero-order valence-corrected chi connectivity index (χ0v) is 5.32. The van der Waals surface area contributed by atoms with E-state index >= 15 is 0 Å². The molecule has 3 heteroatoms. The minimum Gasteiger partial charge on any atom is -0.481 e. The Morgan fingerprint density at radius 2 is 2.25 bits per heavy atom. The molecule has 2 nitrogen and oxygen atoms in total. The maximum absolute atomic E-state index is 10.3. The van der Waals surface area contributed by atoms with E-state index in [9.17, 15) is 4.79 Å². The van der Waals surface area contributed by atoms with Crippen LogP contribution in [0.3, 0.4) is 0 Å². The summed E-state index contributed by atoms with van der Waals surface area (Å²) in [4.78, 5) is 10.3. The van der Waals surface area contributed by atoms with Crippen molar-refractivity contribution >= 4 is 18.6 Å². The number of hydrogen-bond acceptors (Lipinski definition) is 2. The number of rotatable bonds is 2. The van der Waals surface area contributed by atoms with E-state index in [1.54, 1.807) is 0 Å². The lowest BCUT2D eigenvalue weighted by Gasteiger charge is -2.00. The summed E-state index contributed by atoms with van der Waals surface area (Å²) in [6.45, 7) is 0. The molecule has 0 unspecified atom stereocenters. The molecule has 0 aromatic heterocycles. The predicted molar refractivity (Wildman–Crippen MR) is 33.2 cm³/mol. The topological polar surface area (TPSA) is 37.3 Å². The van der Waals surface area contributed by atoms with Gasteiger partial charge < -0.3 is 5.11 Å². The fraction of sp³-hybridized carbons (Fsp3) is 0.800. The maximum Gasteiger partial charge on any atom is 0.310 e. The lowest BCUT2D eigenvalue weighted by Crippen LogP contribution is -2.15. The molecule has 0 amide bonds. The molecule has 0 radical (unpaired) electrons. The SMILES string of the molecule is O=C(O)C1(CS)CC1. The molecule has 1 saturated carbocycles. The number of carbonyl (C=O) groups is 1. The van der Waals surface area contributed by atoms with Gasteiger partial charge in [0.05, 0.1) is 5.41 Å². The first-order valence-corrected chi connectivity index (χ1v) is 3.19. The van der Waals surface area contributed by atoms with Crippen molar-refractivity contribution in [2.45, 2.75) is 12.8 Å². The van der Waals surface area contributed by atoms with Crippen molar-refractivity contribution in [3.05, 3.63) is 0 Å². The first kappa shape index (κ1) is 5.95. The van der Waals surface area contributed by atoms with Gasteiger partial charge in [0.1, 0.15) is 0 Å². The second kappa shape index (κ2) is 1.65. The van der Waals surface area contributed by atoms with Gasteiger partial charge in [0.25, 0.3) is 0 Å². The largest absolute Gasteiger partial charge is 0.481 e. The summed E-state index contributed by atoms with van der Waals surface area (Å²) in [5.74, 6) is -0.199. The standard InChI is InChI=1S/C5H8O2S/c6-4(7)5(3-8)1-2-5/h8H,1-3H2,(H,6,7). The van der Waals surface area contributed by atoms with Gasteiger partial charge in [-0.3, -0.25) is 4.79 Å². The quantitative estimate of drug-likeness (QED) is 0.545. The van der Waals surface area contributed by atoms with Gasteiger partial charge in [-0.15, -0.1) is 0 Å². The van der Waals surface area contributed by atoms with Crippen LogP contribution in [0.5, 0.6) is 0 Å². The Balaban J connectivity index is 2.53. The molecule has 46 valence electrons. The molecule has 1 fully saturated rings. The fourth-order valence-corrected chi connectivity index (χ4v) is 1.04. The number of carboxylic acid groups (broad SMARTS) is 1. The molecule has 1 rings (SSSR count). The molecule has 0 saturated heterocycles. The summed E-state index contributed by atoms with van der Waals surface area (Å²) in [6.07, 6.45) is 1.62. The van der Waals surface area contributed by atoms with Crippen LogP contribution in [-0.4, -0.2) is 16.8 Å². The Morgan fingerprint density at radius 3 is 2.25 bits per heavy atom. The average molecular weight is 132 g/mol. The third-order valence-electron chi connectivity index (χ3n) is 1.61. The van der Waals surface area contributed by atoms with E-state index in [1.165, 1.54) is 0 Å². The van der Waals surface area contributed by atoms with Crippen LogP contribution in [0, 0.1) is 5.41 Å². The number of hydrogen-bond donors (Lipinski definition) is 2. The van der Waals surface area contributed by atoms with Gasteiger partial charge in [-0.25, -0.2) is 0 Å². The van der Waals surface area contributed by atoms with Crippen LogP contribution in [-0.2, 0) is 4.79 Å². The van der Waals surface area contributed by atoms with E-state index in [1.807, 2.05) is 0 Å². The fourth-order valence-electron chi connectivity index (χ4n) is 0.590. The van der Waals surface area contributed by atoms with E-state index in [0.29, 0.717) is 5.75 Å². The smallest absolute Gasteiger partial charge is 0.310 e. The summed E-state index contributed by atoms with van der Waals surface area (Å²) in [5, 5.41) is 8.45. The highest BCUT2D eigenvalue weighted by molar-refractivity contribution is 7.80. The highest BCUT2D eigenvalue weighted by Gasteiger charge is 2.48. The predicted octanol–water partition coefficient (Wildman–Crippen LogP) is 0.781. The van der Waals surface area contributed by atoms with Crippen LogP contribution >= 0.6 is 12.6 Å². The van der Waals surface area contributed by atoms with Gasteiger partial charge in [0.15, 0.2) is 0 Å². The second-order valence-electron chi connectivity index (χ2n) is 2.24. The molecule has 1 aliphatic carbocycles. The van der Waals surface area contributed by atoms with Crippen LogP contribution < -0.4 is 0 Å². The van der Waals surface area contributed by atoms with Crippen LogP contribution in [0.15, 0.2) is 0 Å². The second-order valence-corrected chi connectivity index (χ2v) is 2.56. The van der Waals surface area contributed by atoms with E-state index in [4.69, 9.17) is 5.11 Å². The third-order valence-corrected chi connectivity index (χ3v) is 2.22. The van der Waals surface area contributed by atoms with E-state index in [-0.39, 0.29) is 0 Å². The van der Waals surface area contributed by atoms with Crippen molar-refractivity contribution < 1.29 is 9.90 Å².